The lowest BCUT2D eigenvalue weighted by atomic mass is 9.89. The van der Waals surface area contributed by atoms with Crippen molar-refractivity contribution in [3.63, 3.8) is 0 Å². The summed E-state index contributed by atoms with van der Waals surface area (Å²) in [6.45, 7) is 5.96. The molecule has 2 aromatic heterocycles. The molecule has 0 unspecified atom stereocenters. The molecule has 0 aromatic carbocycles. The Morgan fingerprint density at radius 1 is 1.13 bits per heavy atom. The van der Waals surface area contributed by atoms with Gasteiger partial charge in [-0.25, -0.2) is 15.0 Å². The first-order valence-corrected chi connectivity index (χ1v) is 12.3. The van der Waals surface area contributed by atoms with Crippen LogP contribution < -0.4 is 4.90 Å². The first kappa shape index (κ1) is 20.5. The number of anilines is 1. The lowest BCUT2D eigenvalue weighted by Crippen LogP contribution is -2.33. The number of fused-ring (bicyclic) bond motifs is 1. The van der Waals surface area contributed by atoms with Crippen molar-refractivity contribution < 1.29 is 9.59 Å². The number of amides is 2. The fourth-order valence-corrected chi connectivity index (χ4v) is 5.97. The molecule has 7 nitrogen and oxygen atoms in total. The maximum Gasteiger partial charge on any atom is 0.265 e. The molecule has 5 rings (SSSR count). The molecule has 164 valence electrons. The summed E-state index contributed by atoms with van der Waals surface area (Å²) in [5.41, 5.74) is 4.40. The summed E-state index contributed by atoms with van der Waals surface area (Å²) in [7, 11) is 0. The third kappa shape index (κ3) is 3.86. The molecule has 2 aromatic rings. The monoisotopic (exact) mass is 439 g/mol. The zero-order chi connectivity index (χ0) is 21.5. The summed E-state index contributed by atoms with van der Waals surface area (Å²) in [6, 6.07) is 0. The molecule has 3 aliphatic rings. The number of likely N-dealkylation sites (tertiary alicyclic amines) is 1. The zero-order valence-corrected chi connectivity index (χ0v) is 19.1. The Morgan fingerprint density at radius 3 is 2.68 bits per heavy atom. The molecule has 0 bridgehead atoms. The molecule has 8 heteroatoms. The van der Waals surface area contributed by atoms with Crippen LogP contribution in [0.4, 0.5) is 5.82 Å². The fraction of sp³-hybridized carbons (Fsp3) is 0.609. The highest BCUT2D eigenvalue weighted by molar-refractivity contribution is 7.11. The molecule has 4 heterocycles. The van der Waals surface area contributed by atoms with Gasteiger partial charge in [-0.3, -0.25) is 14.5 Å². The van der Waals surface area contributed by atoms with E-state index in [1.165, 1.54) is 43.4 Å². The normalized spacial score (nSPS) is 21.7. The van der Waals surface area contributed by atoms with Crippen LogP contribution in [0.1, 0.15) is 76.9 Å². The van der Waals surface area contributed by atoms with E-state index in [0.717, 1.165) is 46.4 Å². The van der Waals surface area contributed by atoms with E-state index < -0.39 is 0 Å². The molecule has 2 amide bonds. The average molecular weight is 440 g/mol. The van der Waals surface area contributed by atoms with E-state index in [1.807, 2.05) is 23.6 Å². The summed E-state index contributed by atoms with van der Waals surface area (Å²) >= 11 is 1.40. The summed E-state index contributed by atoms with van der Waals surface area (Å²) in [4.78, 5) is 44.1. The third-order valence-corrected chi connectivity index (χ3v) is 7.96. The van der Waals surface area contributed by atoms with Gasteiger partial charge in [-0.1, -0.05) is 19.3 Å². The number of carbonyl (C=O) groups excluding carboxylic acids is 2. The third-order valence-electron chi connectivity index (χ3n) is 7.04. The number of hydrogen-bond acceptors (Lipinski definition) is 6. The Labute approximate surface area is 186 Å². The van der Waals surface area contributed by atoms with Gasteiger partial charge in [-0.15, -0.1) is 11.3 Å². The number of aryl methyl sites for hydroxylation is 2. The van der Waals surface area contributed by atoms with E-state index in [4.69, 9.17) is 9.97 Å². The highest BCUT2D eigenvalue weighted by Gasteiger charge is 2.36. The van der Waals surface area contributed by atoms with Crippen molar-refractivity contribution in [3.05, 3.63) is 33.2 Å². The highest BCUT2D eigenvalue weighted by atomic mass is 32.1. The van der Waals surface area contributed by atoms with Gasteiger partial charge in [0.15, 0.2) is 0 Å². The molecule has 1 aliphatic carbocycles. The molecule has 1 saturated carbocycles. The smallest absolute Gasteiger partial charge is 0.265 e. The number of hydrogen-bond donors (Lipinski definition) is 0. The van der Waals surface area contributed by atoms with Gasteiger partial charge in [-0.2, -0.15) is 0 Å². The van der Waals surface area contributed by atoms with Crippen molar-refractivity contribution >= 4 is 29.0 Å². The standard InChI is InChI=1S/C23H29N5O2S/c1-14-18-10-19(29)28(11-16-6-4-3-5-7-16)22(18)26-21(25-14)17-8-9-27(12-17)23(30)20-15(2)24-13-31-20/h13,16-17H,3-12H2,1-2H3/t17-/m1/s1. The maximum atomic E-state index is 12.9. The van der Waals surface area contributed by atoms with Crippen molar-refractivity contribution in [1.82, 2.24) is 19.9 Å². The van der Waals surface area contributed by atoms with Gasteiger partial charge in [-0.05, 0) is 39.0 Å². The lowest BCUT2D eigenvalue weighted by Gasteiger charge is -2.27. The number of thiazole rings is 1. The minimum atomic E-state index is 0.0504. The van der Waals surface area contributed by atoms with Crippen molar-refractivity contribution in [2.45, 2.75) is 64.7 Å². The molecule has 2 aliphatic heterocycles. The predicted octanol–water partition coefficient (Wildman–Crippen LogP) is 3.65. The van der Waals surface area contributed by atoms with Crippen LogP contribution >= 0.6 is 11.3 Å². The molecule has 1 atom stereocenters. The summed E-state index contributed by atoms with van der Waals surface area (Å²) in [6.07, 6.45) is 7.49. The molecule has 31 heavy (non-hydrogen) atoms. The van der Waals surface area contributed by atoms with E-state index in [-0.39, 0.29) is 17.7 Å². The summed E-state index contributed by atoms with van der Waals surface area (Å²) in [5.74, 6) is 2.48. The Balaban J connectivity index is 1.35. The maximum absolute atomic E-state index is 12.9. The topological polar surface area (TPSA) is 79.3 Å². The molecule has 2 fully saturated rings. The average Bonchev–Trinajstić information content (AvgIpc) is 3.49. The van der Waals surface area contributed by atoms with Gasteiger partial charge >= 0.3 is 0 Å². The van der Waals surface area contributed by atoms with Crippen molar-refractivity contribution in [1.29, 1.82) is 0 Å². The number of nitrogens with zero attached hydrogens (tertiary/aromatic N) is 5. The van der Waals surface area contributed by atoms with Crippen LogP contribution in [-0.4, -0.2) is 51.3 Å². The van der Waals surface area contributed by atoms with Crippen LogP contribution in [0.5, 0.6) is 0 Å². The largest absolute Gasteiger partial charge is 0.337 e. The Morgan fingerprint density at radius 2 is 1.94 bits per heavy atom. The molecule has 1 saturated heterocycles. The van der Waals surface area contributed by atoms with Crippen LogP contribution in [0.15, 0.2) is 5.51 Å². The Kier molecular flexibility index (Phi) is 5.50. The number of rotatable bonds is 4. The van der Waals surface area contributed by atoms with Crippen LogP contribution in [-0.2, 0) is 11.2 Å². The first-order chi connectivity index (χ1) is 15.0. The molecule has 0 radical (unpaired) electrons. The molecule has 0 N–H and O–H groups in total. The van der Waals surface area contributed by atoms with Crippen molar-refractivity contribution in [2.24, 2.45) is 5.92 Å². The quantitative estimate of drug-likeness (QED) is 0.727. The van der Waals surface area contributed by atoms with Crippen LogP contribution in [0.25, 0.3) is 0 Å². The molecular formula is C23H29N5O2S. The number of aromatic nitrogens is 3. The van der Waals surface area contributed by atoms with Crippen LogP contribution in [0.3, 0.4) is 0 Å². The summed E-state index contributed by atoms with van der Waals surface area (Å²) in [5, 5.41) is 0. The van der Waals surface area contributed by atoms with Crippen molar-refractivity contribution in [3.8, 4) is 0 Å². The predicted molar refractivity (Wildman–Crippen MR) is 120 cm³/mol. The second-order valence-electron chi connectivity index (χ2n) is 9.16. The van der Waals surface area contributed by atoms with Gasteiger partial charge < -0.3 is 4.90 Å². The minimum Gasteiger partial charge on any atom is -0.337 e. The zero-order valence-electron chi connectivity index (χ0n) is 18.3. The Hall–Kier alpha value is -2.35. The second-order valence-corrected chi connectivity index (χ2v) is 10.0. The first-order valence-electron chi connectivity index (χ1n) is 11.4. The van der Waals surface area contributed by atoms with E-state index in [0.29, 0.717) is 25.4 Å². The van der Waals surface area contributed by atoms with Crippen LogP contribution in [0, 0.1) is 19.8 Å². The van der Waals surface area contributed by atoms with Gasteiger partial charge in [0.1, 0.15) is 16.5 Å². The highest BCUT2D eigenvalue weighted by Crippen LogP contribution is 2.35. The van der Waals surface area contributed by atoms with E-state index >= 15 is 0 Å². The van der Waals surface area contributed by atoms with Crippen molar-refractivity contribution in [2.75, 3.05) is 24.5 Å². The van der Waals surface area contributed by atoms with Gasteiger partial charge in [0.05, 0.1) is 17.6 Å². The fourth-order valence-electron chi connectivity index (χ4n) is 5.20. The number of carbonyl (C=O) groups is 2. The minimum absolute atomic E-state index is 0.0504. The van der Waals surface area contributed by atoms with Gasteiger partial charge in [0.2, 0.25) is 5.91 Å². The van der Waals surface area contributed by atoms with E-state index in [9.17, 15) is 9.59 Å². The Bertz CT molecular complexity index is 1010. The van der Waals surface area contributed by atoms with Gasteiger partial charge in [0.25, 0.3) is 5.91 Å². The van der Waals surface area contributed by atoms with E-state index in [1.54, 1.807) is 5.51 Å². The second kappa shape index (κ2) is 8.30. The lowest BCUT2D eigenvalue weighted by molar-refractivity contribution is -0.117. The SMILES string of the molecule is Cc1ncsc1C(=O)N1CC[C@@H](c2nc(C)c3c(n2)N(CC2CCCCC2)C(=O)C3)C1. The van der Waals surface area contributed by atoms with Crippen LogP contribution in [0.2, 0.25) is 0 Å². The molecular weight excluding hydrogens is 410 g/mol. The van der Waals surface area contributed by atoms with E-state index in [2.05, 4.69) is 4.98 Å². The van der Waals surface area contributed by atoms with Gasteiger partial charge in [0, 0.05) is 36.8 Å². The molecule has 0 spiro atoms. The summed E-state index contributed by atoms with van der Waals surface area (Å²) < 4.78 is 0.